The number of carbonyl (C=O) groups excluding carboxylic acids is 1. The van der Waals surface area contributed by atoms with E-state index in [9.17, 15) is 13.2 Å². The molecule has 0 aliphatic carbocycles. The lowest BCUT2D eigenvalue weighted by Gasteiger charge is -2.22. The van der Waals surface area contributed by atoms with Crippen molar-refractivity contribution in [3.05, 3.63) is 138 Å². The second-order valence-electron chi connectivity index (χ2n) is 8.88. The number of Topliss-reactive ketones (excluding diaryl/α,β-unsaturated/α-hetero) is 1. The van der Waals surface area contributed by atoms with Gasteiger partial charge in [-0.3, -0.25) is 9.69 Å². The van der Waals surface area contributed by atoms with Crippen LogP contribution in [0.5, 0.6) is 0 Å². The first-order valence-electron chi connectivity index (χ1n) is 11.8. The molecule has 0 saturated heterocycles. The fourth-order valence-electron chi connectivity index (χ4n) is 4.14. The van der Waals surface area contributed by atoms with E-state index in [0.717, 1.165) is 11.1 Å². The van der Waals surface area contributed by atoms with Crippen LogP contribution in [0.25, 0.3) is 0 Å². The molecule has 4 aromatic rings. The van der Waals surface area contributed by atoms with Crippen LogP contribution < -0.4 is 5.32 Å². The van der Waals surface area contributed by atoms with Gasteiger partial charge in [0.15, 0.2) is 21.0 Å². The first-order chi connectivity index (χ1) is 17.4. The van der Waals surface area contributed by atoms with Crippen LogP contribution in [0, 0.1) is 0 Å². The van der Waals surface area contributed by atoms with Gasteiger partial charge in [0.25, 0.3) is 0 Å². The molecule has 0 aromatic heterocycles. The van der Waals surface area contributed by atoms with Crippen LogP contribution >= 0.6 is 0 Å². The normalized spacial score (nSPS) is 12.3. The third-order valence-corrected chi connectivity index (χ3v) is 7.12. The fourth-order valence-corrected chi connectivity index (χ4v) is 5.15. The first kappa shape index (κ1) is 25.4. The van der Waals surface area contributed by atoms with E-state index in [-0.39, 0.29) is 12.3 Å². The van der Waals surface area contributed by atoms with Crippen molar-refractivity contribution in [3.8, 4) is 0 Å². The summed E-state index contributed by atoms with van der Waals surface area (Å²) in [4.78, 5) is 15.5. The molecular weight excluding hydrogens is 468 g/mol. The average molecular weight is 499 g/mol. The monoisotopic (exact) mass is 498 g/mol. The van der Waals surface area contributed by atoms with Gasteiger partial charge in [-0.25, -0.2) is 8.42 Å². The number of nitrogens with one attached hydrogen (secondary N) is 1. The molecule has 0 spiro atoms. The van der Waals surface area contributed by atoms with Gasteiger partial charge in [-0.15, -0.1) is 0 Å². The fraction of sp³-hybridized carbons (Fsp3) is 0.167. The number of ketones is 1. The van der Waals surface area contributed by atoms with E-state index >= 15 is 0 Å². The Labute approximate surface area is 213 Å². The Hall–Kier alpha value is -3.74. The molecule has 0 aliphatic heterocycles. The maximum atomic E-state index is 13.4. The molecule has 0 fully saturated rings. The first-order valence-corrected chi connectivity index (χ1v) is 13.8. The third kappa shape index (κ3) is 7.13. The van der Waals surface area contributed by atoms with E-state index in [4.69, 9.17) is 0 Å². The molecule has 1 atom stereocenters. The number of anilines is 1. The van der Waals surface area contributed by atoms with Crippen molar-refractivity contribution in [3.63, 3.8) is 0 Å². The van der Waals surface area contributed by atoms with Crippen molar-refractivity contribution in [1.82, 2.24) is 4.90 Å². The summed E-state index contributed by atoms with van der Waals surface area (Å²) >= 11 is 0. The van der Waals surface area contributed by atoms with Crippen molar-refractivity contribution in [2.45, 2.75) is 18.5 Å². The number of hydrogen-bond acceptors (Lipinski definition) is 5. The molecule has 1 unspecified atom stereocenters. The molecule has 6 heteroatoms. The lowest BCUT2D eigenvalue weighted by molar-refractivity contribution is 0.0920. The van der Waals surface area contributed by atoms with Crippen molar-refractivity contribution in [2.75, 3.05) is 18.1 Å². The Morgan fingerprint density at radius 3 is 1.81 bits per heavy atom. The second-order valence-corrected chi connectivity index (χ2v) is 11.0. The molecule has 0 heterocycles. The predicted octanol–water partition coefficient (Wildman–Crippen LogP) is 5.73. The Bertz CT molecular complexity index is 1330. The zero-order chi connectivity index (χ0) is 25.4. The van der Waals surface area contributed by atoms with E-state index in [0.29, 0.717) is 29.9 Å². The highest BCUT2D eigenvalue weighted by Gasteiger charge is 2.23. The van der Waals surface area contributed by atoms with Gasteiger partial charge < -0.3 is 5.32 Å². The molecule has 1 N–H and O–H groups in total. The standard InChI is InChI=1S/C30H30N2O3S/c1-36(34,35)30(26-16-9-4-10-17-26)31-28-19-11-18-27(20-28)29(33)23-32(21-24-12-5-2-6-13-24)22-25-14-7-3-8-15-25/h2-20,30-31H,21-23H2,1H3. The van der Waals surface area contributed by atoms with Crippen LogP contribution in [-0.2, 0) is 22.9 Å². The van der Waals surface area contributed by atoms with Crippen molar-refractivity contribution in [2.24, 2.45) is 0 Å². The summed E-state index contributed by atoms with van der Waals surface area (Å²) in [5.74, 6) is -0.0267. The molecule has 4 aromatic carbocycles. The van der Waals surface area contributed by atoms with Gasteiger partial charge in [-0.2, -0.15) is 0 Å². The van der Waals surface area contributed by atoms with Gasteiger partial charge in [0.1, 0.15) is 0 Å². The molecule has 0 bridgehead atoms. The molecule has 0 saturated carbocycles. The molecule has 36 heavy (non-hydrogen) atoms. The molecule has 4 rings (SSSR count). The summed E-state index contributed by atoms with van der Waals surface area (Å²) in [6, 6.07) is 36.3. The van der Waals surface area contributed by atoms with Crippen molar-refractivity contribution < 1.29 is 13.2 Å². The lowest BCUT2D eigenvalue weighted by atomic mass is 10.1. The number of rotatable bonds is 11. The summed E-state index contributed by atoms with van der Waals surface area (Å²) in [7, 11) is -3.44. The van der Waals surface area contributed by atoms with Gasteiger partial charge in [0.2, 0.25) is 0 Å². The summed E-state index contributed by atoms with van der Waals surface area (Å²) in [6.07, 6.45) is 1.21. The highest BCUT2D eigenvalue weighted by molar-refractivity contribution is 7.91. The zero-order valence-electron chi connectivity index (χ0n) is 20.2. The number of hydrogen-bond donors (Lipinski definition) is 1. The molecule has 0 amide bonds. The minimum atomic E-state index is -3.44. The third-order valence-electron chi connectivity index (χ3n) is 5.88. The second kappa shape index (κ2) is 11.8. The van der Waals surface area contributed by atoms with Gasteiger partial charge in [0.05, 0.1) is 6.54 Å². The number of sulfone groups is 1. The van der Waals surface area contributed by atoms with E-state index in [1.807, 2.05) is 54.6 Å². The largest absolute Gasteiger partial charge is 0.365 e. The SMILES string of the molecule is CS(=O)(=O)C(Nc1cccc(C(=O)CN(Cc2ccccc2)Cc2ccccc2)c1)c1ccccc1. The summed E-state index contributed by atoms with van der Waals surface area (Å²) in [6.45, 7) is 1.52. The molecule has 0 aliphatic rings. The van der Waals surface area contributed by atoms with E-state index in [1.165, 1.54) is 6.26 Å². The van der Waals surface area contributed by atoms with E-state index < -0.39 is 15.2 Å². The van der Waals surface area contributed by atoms with E-state index in [1.54, 1.807) is 36.4 Å². The smallest absolute Gasteiger partial charge is 0.176 e. The van der Waals surface area contributed by atoms with Crippen LogP contribution in [0.15, 0.2) is 115 Å². The topological polar surface area (TPSA) is 66.5 Å². The Morgan fingerprint density at radius 1 is 0.750 bits per heavy atom. The average Bonchev–Trinajstić information content (AvgIpc) is 2.88. The van der Waals surface area contributed by atoms with Crippen LogP contribution in [-0.4, -0.2) is 31.9 Å². The molecule has 184 valence electrons. The molecular formula is C30H30N2O3S. The summed E-state index contributed by atoms with van der Waals surface area (Å²) < 4.78 is 25.0. The van der Waals surface area contributed by atoms with Crippen LogP contribution in [0.3, 0.4) is 0 Å². The van der Waals surface area contributed by atoms with Crippen LogP contribution in [0.2, 0.25) is 0 Å². The van der Waals surface area contributed by atoms with Gasteiger partial charge in [-0.1, -0.05) is 103 Å². The Balaban J connectivity index is 1.53. The summed E-state index contributed by atoms with van der Waals surface area (Å²) in [5.41, 5.74) is 4.03. The van der Waals surface area contributed by atoms with Crippen LogP contribution in [0.4, 0.5) is 5.69 Å². The van der Waals surface area contributed by atoms with Crippen LogP contribution in [0.1, 0.15) is 32.4 Å². The lowest BCUT2D eigenvalue weighted by Crippen LogP contribution is -2.29. The maximum absolute atomic E-state index is 13.4. The molecule has 0 radical (unpaired) electrons. The molecule has 5 nitrogen and oxygen atoms in total. The van der Waals surface area contributed by atoms with E-state index in [2.05, 4.69) is 34.5 Å². The minimum absolute atomic E-state index is 0.0267. The van der Waals surface area contributed by atoms with Crippen molar-refractivity contribution >= 4 is 21.3 Å². The zero-order valence-corrected chi connectivity index (χ0v) is 21.1. The number of nitrogens with zero attached hydrogens (tertiary/aromatic N) is 1. The highest BCUT2D eigenvalue weighted by atomic mass is 32.2. The highest BCUT2D eigenvalue weighted by Crippen LogP contribution is 2.25. The van der Waals surface area contributed by atoms with Gasteiger partial charge in [0, 0.05) is 30.6 Å². The number of carbonyl (C=O) groups is 1. The summed E-state index contributed by atoms with van der Waals surface area (Å²) in [5, 5.41) is 2.20. The maximum Gasteiger partial charge on any atom is 0.176 e. The Morgan fingerprint density at radius 2 is 1.28 bits per heavy atom. The van der Waals surface area contributed by atoms with Gasteiger partial charge in [-0.05, 0) is 28.8 Å². The van der Waals surface area contributed by atoms with Gasteiger partial charge >= 0.3 is 0 Å². The quantitative estimate of drug-likeness (QED) is 0.268. The Kier molecular flexibility index (Phi) is 8.31. The number of benzene rings is 4. The predicted molar refractivity (Wildman–Crippen MR) is 145 cm³/mol. The van der Waals surface area contributed by atoms with Crippen molar-refractivity contribution in [1.29, 1.82) is 0 Å². The minimum Gasteiger partial charge on any atom is -0.365 e.